The van der Waals surface area contributed by atoms with E-state index in [2.05, 4.69) is 5.32 Å². The molecule has 0 aliphatic rings. The maximum atomic E-state index is 11.4. The van der Waals surface area contributed by atoms with E-state index < -0.39 is 5.97 Å². The van der Waals surface area contributed by atoms with Crippen molar-refractivity contribution in [1.82, 2.24) is 5.32 Å². The van der Waals surface area contributed by atoms with E-state index in [4.69, 9.17) is 5.11 Å². The lowest BCUT2D eigenvalue weighted by Gasteiger charge is -2.07. The summed E-state index contributed by atoms with van der Waals surface area (Å²) < 4.78 is 0. The maximum Gasteiger partial charge on any atom is 0.328 e. The first-order chi connectivity index (χ1) is 8.97. The van der Waals surface area contributed by atoms with Gasteiger partial charge in [0.15, 0.2) is 0 Å². The Morgan fingerprint density at radius 1 is 1.53 bits per heavy atom. The summed E-state index contributed by atoms with van der Waals surface area (Å²) in [5.41, 5.74) is 0.884. The number of nitrogens with one attached hydrogen (secondary N) is 1. The van der Waals surface area contributed by atoms with Crippen LogP contribution in [0.3, 0.4) is 0 Å². The Labute approximate surface area is 120 Å². The zero-order chi connectivity index (χ0) is 14.3. The molecule has 0 fully saturated rings. The molecule has 1 aromatic rings. The van der Waals surface area contributed by atoms with Gasteiger partial charge in [0, 0.05) is 22.7 Å². The normalized spacial score (nSPS) is 11.1. The first kappa shape index (κ1) is 15.8. The summed E-state index contributed by atoms with van der Waals surface area (Å²) in [6, 6.07) is 2.11. The van der Waals surface area contributed by atoms with Gasteiger partial charge in [0.2, 0.25) is 5.91 Å². The number of carbonyl (C=O) groups excluding carboxylic acids is 1. The molecule has 0 aliphatic carbocycles. The van der Waals surface area contributed by atoms with Gasteiger partial charge in [0.25, 0.3) is 0 Å². The number of rotatable bonds is 7. The molecule has 0 unspecified atom stereocenters. The standard InChI is InChI=1S/C13H17NO3S2/c1-9(2)14-12(15)8-18-7-11-5-10(6-19-11)3-4-13(16)17/h3-6,9H,7-8H2,1-2H3,(H,14,15)(H,16,17)/b4-3+. The third-order valence-corrected chi connectivity index (χ3v) is 4.14. The van der Waals surface area contributed by atoms with Gasteiger partial charge in [-0.3, -0.25) is 4.79 Å². The van der Waals surface area contributed by atoms with E-state index in [0.29, 0.717) is 5.75 Å². The van der Waals surface area contributed by atoms with E-state index in [1.807, 2.05) is 25.3 Å². The Kier molecular flexibility index (Phi) is 6.66. The molecule has 1 heterocycles. The Hall–Kier alpha value is -1.27. The largest absolute Gasteiger partial charge is 0.478 e. The van der Waals surface area contributed by atoms with Crippen molar-refractivity contribution < 1.29 is 14.7 Å². The second kappa shape index (κ2) is 8.01. The van der Waals surface area contributed by atoms with E-state index >= 15 is 0 Å². The molecule has 6 heteroatoms. The highest BCUT2D eigenvalue weighted by atomic mass is 32.2. The number of hydrogen-bond donors (Lipinski definition) is 2. The van der Waals surface area contributed by atoms with Gasteiger partial charge in [-0.2, -0.15) is 0 Å². The van der Waals surface area contributed by atoms with Crippen LogP contribution in [0.2, 0.25) is 0 Å². The van der Waals surface area contributed by atoms with Crippen molar-refractivity contribution in [1.29, 1.82) is 0 Å². The van der Waals surface area contributed by atoms with Gasteiger partial charge in [-0.15, -0.1) is 23.1 Å². The predicted molar refractivity (Wildman–Crippen MR) is 80.4 cm³/mol. The molecule has 2 N–H and O–H groups in total. The van der Waals surface area contributed by atoms with Crippen LogP contribution in [-0.4, -0.2) is 28.8 Å². The van der Waals surface area contributed by atoms with Gasteiger partial charge in [0.05, 0.1) is 5.75 Å². The molecule has 0 saturated heterocycles. The summed E-state index contributed by atoms with van der Waals surface area (Å²) in [5, 5.41) is 13.3. The van der Waals surface area contributed by atoms with E-state index in [1.54, 1.807) is 29.2 Å². The summed E-state index contributed by atoms with van der Waals surface area (Å²) in [7, 11) is 0. The van der Waals surface area contributed by atoms with Crippen LogP contribution in [0.4, 0.5) is 0 Å². The zero-order valence-corrected chi connectivity index (χ0v) is 12.5. The fourth-order valence-corrected chi connectivity index (χ4v) is 3.15. The van der Waals surface area contributed by atoms with Crippen molar-refractivity contribution in [3.05, 3.63) is 28.0 Å². The second-order valence-electron chi connectivity index (χ2n) is 4.23. The summed E-state index contributed by atoms with van der Waals surface area (Å²) in [5.74, 6) is 0.294. The van der Waals surface area contributed by atoms with E-state index in [9.17, 15) is 9.59 Å². The molecule has 1 aromatic heterocycles. The molecule has 0 aliphatic heterocycles. The molecule has 19 heavy (non-hydrogen) atoms. The molecule has 1 amide bonds. The summed E-state index contributed by atoms with van der Waals surface area (Å²) >= 11 is 3.12. The minimum Gasteiger partial charge on any atom is -0.478 e. The molecule has 0 spiro atoms. The van der Waals surface area contributed by atoms with Crippen LogP contribution in [0.5, 0.6) is 0 Å². The van der Waals surface area contributed by atoms with Gasteiger partial charge >= 0.3 is 5.97 Å². The van der Waals surface area contributed by atoms with Gasteiger partial charge in [-0.05, 0) is 36.9 Å². The highest BCUT2D eigenvalue weighted by molar-refractivity contribution is 7.99. The smallest absolute Gasteiger partial charge is 0.328 e. The molecule has 0 saturated carbocycles. The minimum absolute atomic E-state index is 0.0440. The van der Waals surface area contributed by atoms with Crippen LogP contribution in [0, 0.1) is 0 Å². The molecule has 0 radical (unpaired) electrons. The lowest BCUT2D eigenvalue weighted by atomic mass is 10.3. The van der Waals surface area contributed by atoms with Gasteiger partial charge in [-0.1, -0.05) is 0 Å². The number of hydrogen-bond acceptors (Lipinski definition) is 4. The Morgan fingerprint density at radius 2 is 2.26 bits per heavy atom. The highest BCUT2D eigenvalue weighted by Crippen LogP contribution is 2.21. The van der Waals surface area contributed by atoms with E-state index in [1.165, 1.54) is 0 Å². The number of carboxylic acid groups (broad SMARTS) is 1. The summed E-state index contributed by atoms with van der Waals surface area (Å²) in [6.45, 7) is 3.87. The fraction of sp³-hybridized carbons (Fsp3) is 0.385. The maximum absolute atomic E-state index is 11.4. The predicted octanol–water partition coefficient (Wildman–Crippen LogP) is 2.60. The lowest BCUT2D eigenvalue weighted by Crippen LogP contribution is -2.31. The average Bonchev–Trinajstić information content (AvgIpc) is 2.73. The topological polar surface area (TPSA) is 66.4 Å². The third kappa shape index (κ3) is 7.03. The first-order valence-electron chi connectivity index (χ1n) is 5.83. The Morgan fingerprint density at radius 3 is 2.89 bits per heavy atom. The molecule has 0 atom stereocenters. The van der Waals surface area contributed by atoms with Gasteiger partial charge in [-0.25, -0.2) is 4.79 Å². The van der Waals surface area contributed by atoms with Gasteiger partial charge < -0.3 is 10.4 Å². The minimum atomic E-state index is -0.951. The Balaban J connectivity index is 2.34. The van der Waals surface area contributed by atoms with Crippen LogP contribution >= 0.6 is 23.1 Å². The number of thiophene rings is 1. The highest BCUT2D eigenvalue weighted by Gasteiger charge is 2.04. The molecule has 104 valence electrons. The molecule has 0 bridgehead atoms. The van der Waals surface area contributed by atoms with Crippen LogP contribution in [-0.2, 0) is 15.3 Å². The van der Waals surface area contributed by atoms with Crippen molar-refractivity contribution in [2.24, 2.45) is 0 Å². The van der Waals surface area contributed by atoms with Crippen LogP contribution < -0.4 is 5.32 Å². The summed E-state index contributed by atoms with van der Waals surface area (Å²) in [6.07, 6.45) is 2.69. The number of thioether (sulfide) groups is 1. The average molecular weight is 299 g/mol. The van der Waals surface area contributed by atoms with E-state index in [-0.39, 0.29) is 11.9 Å². The monoisotopic (exact) mass is 299 g/mol. The van der Waals surface area contributed by atoms with Crippen molar-refractivity contribution in [2.75, 3.05) is 5.75 Å². The molecule has 0 aromatic carbocycles. The SMILES string of the molecule is CC(C)NC(=O)CSCc1cc(/C=C/C(=O)O)cs1. The molecular weight excluding hydrogens is 282 g/mol. The van der Waals surface area contributed by atoms with Crippen LogP contribution in [0.25, 0.3) is 6.08 Å². The molecular formula is C13H17NO3S2. The number of carbonyl (C=O) groups is 2. The Bertz CT molecular complexity index is 466. The number of carboxylic acids is 1. The van der Waals surface area contributed by atoms with Gasteiger partial charge in [0.1, 0.15) is 0 Å². The fourth-order valence-electron chi connectivity index (χ4n) is 1.34. The number of aliphatic carboxylic acids is 1. The molecule has 4 nitrogen and oxygen atoms in total. The number of amides is 1. The quantitative estimate of drug-likeness (QED) is 0.760. The second-order valence-corrected chi connectivity index (χ2v) is 6.21. The lowest BCUT2D eigenvalue weighted by molar-refractivity contribution is -0.131. The molecule has 1 rings (SSSR count). The van der Waals surface area contributed by atoms with E-state index in [0.717, 1.165) is 22.3 Å². The zero-order valence-electron chi connectivity index (χ0n) is 10.9. The van der Waals surface area contributed by atoms with Crippen molar-refractivity contribution in [3.8, 4) is 0 Å². The summed E-state index contributed by atoms with van der Waals surface area (Å²) in [4.78, 5) is 22.9. The van der Waals surface area contributed by atoms with Crippen LogP contribution in [0.1, 0.15) is 24.3 Å². The van der Waals surface area contributed by atoms with Crippen molar-refractivity contribution in [2.45, 2.75) is 25.6 Å². The first-order valence-corrected chi connectivity index (χ1v) is 7.86. The van der Waals surface area contributed by atoms with Crippen molar-refractivity contribution >= 4 is 41.1 Å². The van der Waals surface area contributed by atoms with Crippen LogP contribution in [0.15, 0.2) is 17.5 Å². The van der Waals surface area contributed by atoms with Crippen molar-refractivity contribution in [3.63, 3.8) is 0 Å². The third-order valence-electron chi connectivity index (χ3n) is 2.02.